The Morgan fingerprint density at radius 2 is 1.68 bits per heavy atom. The van der Waals surface area contributed by atoms with E-state index in [4.69, 9.17) is 4.74 Å². The molecule has 31 heavy (non-hydrogen) atoms. The maximum Gasteiger partial charge on any atom is 0.0519 e. The standard InChI is InChI=1S/C30H58O/c1-10-27(21-22-31-24(5)6)30(9,11-2)28-17-12-13-18-29(26(8)19-20-28)25(7)16-14-15-23(3)4/h10,23-26,28-29H,11-22H2,1-9H3/b27-10-/t25?,26-,28+,29+,30-/m0/s1. The van der Waals surface area contributed by atoms with Crippen LogP contribution in [0.4, 0.5) is 0 Å². The molecule has 5 atom stereocenters. The second-order valence-electron chi connectivity index (χ2n) is 11.8. The van der Waals surface area contributed by atoms with Gasteiger partial charge in [-0.3, -0.25) is 0 Å². The zero-order valence-corrected chi connectivity index (χ0v) is 22.9. The summed E-state index contributed by atoms with van der Waals surface area (Å²) in [5.41, 5.74) is 1.98. The lowest BCUT2D eigenvalue weighted by Gasteiger charge is -2.40. The van der Waals surface area contributed by atoms with E-state index in [1.54, 1.807) is 5.57 Å². The van der Waals surface area contributed by atoms with Gasteiger partial charge in [-0.05, 0) is 87.9 Å². The first-order chi connectivity index (χ1) is 14.7. The van der Waals surface area contributed by atoms with Crippen molar-refractivity contribution in [2.75, 3.05) is 6.61 Å². The molecule has 1 nitrogen and oxygen atoms in total. The van der Waals surface area contributed by atoms with Crippen LogP contribution in [0.15, 0.2) is 11.6 Å². The molecule has 0 heterocycles. The van der Waals surface area contributed by atoms with Gasteiger partial charge < -0.3 is 4.74 Å². The first-order valence-electron chi connectivity index (χ1n) is 13.9. The molecular formula is C30H58O. The zero-order chi connectivity index (χ0) is 23.4. The lowest BCUT2D eigenvalue weighted by Crippen LogP contribution is -2.30. The van der Waals surface area contributed by atoms with Gasteiger partial charge >= 0.3 is 0 Å². The van der Waals surface area contributed by atoms with Gasteiger partial charge in [0, 0.05) is 0 Å². The third-order valence-electron chi connectivity index (χ3n) is 8.75. The van der Waals surface area contributed by atoms with Crippen LogP contribution in [0.3, 0.4) is 0 Å². The van der Waals surface area contributed by atoms with Crippen molar-refractivity contribution >= 4 is 0 Å². The first kappa shape index (κ1) is 28.7. The van der Waals surface area contributed by atoms with Crippen molar-refractivity contribution in [1.82, 2.24) is 0 Å². The Hall–Kier alpha value is -0.300. The monoisotopic (exact) mass is 434 g/mol. The topological polar surface area (TPSA) is 9.23 Å². The molecule has 0 aromatic carbocycles. The number of allylic oxidation sites excluding steroid dienone is 1. The molecular weight excluding hydrogens is 376 g/mol. The molecule has 1 aliphatic carbocycles. The van der Waals surface area contributed by atoms with Gasteiger partial charge in [-0.1, -0.05) is 91.7 Å². The Morgan fingerprint density at radius 3 is 2.26 bits per heavy atom. The number of hydrogen-bond donors (Lipinski definition) is 0. The van der Waals surface area contributed by atoms with Gasteiger partial charge in [0.15, 0.2) is 0 Å². The van der Waals surface area contributed by atoms with Crippen molar-refractivity contribution in [2.24, 2.45) is 35.0 Å². The minimum absolute atomic E-state index is 0.330. The Kier molecular flexibility index (Phi) is 13.7. The molecule has 1 rings (SSSR count). The second-order valence-corrected chi connectivity index (χ2v) is 11.8. The molecule has 0 aromatic heterocycles. The van der Waals surface area contributed by atoms with E-state index in [2.05, 4.69) is 68.4 Å². The fourth-order valence-corrected chi connectivity index (χ4v) is 6.36. The SMILES string of the molecule is C/C=C(/CCOC(C)C)[C@](C)(CC)[C@@H]1CCCC[C@H](C(C)CCCC(C)C)[C@@H](C)CC1. The normalized spacial score (nSPS) is 26.9. The van der Waals surface area contributed by atoms with E-state index in [0.29, 0.717) is 11.5 Å². The number of rotatable bonds is 12. The van der Waals surface area contributed by atoms with Gasteiger partial charge in [0.1, 0.15) is 0 Å². The molecule has 0 radical (unpaired) electrons. The van der Waals surface area contributed by atoms with Gasteiger partial charge in [-0.2, -0.15) is 0 Å². The molecule has 0 N–H and O–H groups in total. The highest BCUT2D eigenvalue weighted by Crippen LogP contribution is 2.47. The van der Waals surface area contributed by atoms with Crippen molar-refractivity contribution in [2.45, 2.75) is 139 Å². The molecule has 0 bridgehead atoms. The van der Waals surface area contributed by atoms with Gasteiger partial charge in [-0.25, -0.2) is 0 Å². The van der Waals surface area contributed by atoms with Gasteiger partial charge in [0.2, 0.25) is 0 Å². The second kappa shape index (κ2) is 14.8. The Bertz CT molecular complexity index is 491. The Balaban J connectivity index is 2.80. The Morgan fingerprint density at radius 1 is 1.00 bits per heavy atom. The van der Waals surface area contributed by atoms with E-state index < -0.39 is 0 Å². The van der Waals surface area contributed by atoms with Gasteiger partial charge in [0.25, 0.3) is 0 Å². The summed E-state index contributed by atoms with van der Waals surface area (Å²) in [6, 6.07) is 0. The molecule has 0 amide bonds. The predicted octanol–water partition coefficient (Wildman–Crippen LogP) is 9.85. The molecule has 184 valence electrons. The highest BCUT2D eigenvalue weighted by Gasteiger charge is 2.36. The molecule has 1 heteroatoms. The van der Waals surface area contributed by atoms with Crippen molar-refractivity contribution in [3.8, 4) is 0 Å². The van der Waals surface area contributed by atoms with Crippen LogP contribution in [0.25, 0.3) is 0 Å². The van der Waals surface area contributed by atoms with Crippen LogP contribution in [0.5, 0.6) is 0 Å². The van der Waals surface area contributed by atoms with Crippen molar-refractivity contribution in [3.05, 3.63) is 11.6 Å². The maximum absolute atomic E-state index is 5.93. The van der Waals surface area contributed by atoms with E-state index in [0.717, 1.165) is 42.6 Å². The summed E-state index contributed by atoms with van der Waals surface area (Å²) in [7, 11) is 0. The molecule has 1 unspecified atom stereocenters. The predicted molar refractivity (Wildman–Crippen MR) is 140 cm³/mol. The lowest BCUT2D eigenvalue weighted by molar-refractivity contribution is 0.0746. The summed E-state index contributed by atoms with van der Waals surface area (Å²) in [4.78, 5) is 0. The third kappa shape index (κ3) is 9.61. The van der Waals surface area contributed by atoms with Crippen LogP contribution >= 0.6 is 0 Å². The Labute approximate surface area is 197 Å². The molecule has 1 saturated carbocycles. The maximum atomic E-state index is 5.93. The minimum Gasteiger partial charge on any atom is -0.378 e. The fourth-order valence-electron chi connectivity index (χ4n) is 6.36. The van der Waals surface area contributed by atoms with Crippen LogP contribution in [0, 0.1) is 35.0 Å². The van der Waals surface area contributed by atoms with E-state index in [9.17, 15) is 0 Å². The van der Waals surface area contributed by atoms with E-state index in [1.165, 1.54) is 64.2 Å². The first-order valence-corrected chi connectivity index (χ1v) is 13.9. The lowest BCUT2D eigenvalue weighted by atomic mass is 9.65. The fraction of sp³-hybridized carbons (Fsp3) is 0.933. The van der Waals surface area contributed by atoms with Crippen LogP contribution in [0.1, 0.15) is 133 Å². The molecule has 1 aliphatic rings. The van der Waals surface area contributed by atoms with Gasteiger partial charge in [0.05, 0.1) is 12.7 Å². The van der Waals surface area contributed by atoms with Crippen LogP contribution < -0.4 is 0 Å². The van der Waals surface area contributed by atoms with Crippen molar-refractivity contribution in [3.63, 3.8) is 0 Å². The van der Waals surface area contributed by atoms with Crippen molar-refractivity contribution in [1.29, 1.82) is 0 Å². The molecule has 0 aliphatic heterocycles. The summed E-state index contributed by atoms with van der Waals surface area (Å²) in [6.45, 7) is 22.3. The third-order valence-corrected chi connectivity index (χ3v) is 8.75. The minimum atomic E-state index is 0.330. The van der Waals surface area contributed by atoms with Gasteiger partial charge in [-0.15, -0.1) is 0 Å². The quantitative estimate of drug-likeness (QED) is 0.278. The average Bonchev–Trinajstić information content (AvgIpc) is 2.80. The summed E-state index contributed by atoms with van der Waals surface area (Å²) in [5.74, 6) is 4.36. The van der Waals surface area contributed by atoms with E-state index >= 15 is 0 Å². The zero-order valence-electron chi connectivity index (χ0n) is 22.9. The summed E-state index contributed by atoms with van der Waals surface area (Å²) in [5, 5.41) is 0. The van der Waals surface area contributed by atoms with Crippen LogP contribution in [-0.4, -0.2) is 12.7 Å². The van der Waals surface area contributed by atoms with E-state index in [1.807, 2.05) is 0 Å². The smallest absolute Gasteiger partial charge is 0.0519 e. The molecule has 0 saturated heterocycles. The molecule has 1 fully saturated rings. The average molecular weight is 435 g/mol. The van der Waals surface area contributed by atoms with E-state index in [-0.39, 0.29) is 0 Å². The molecule has 0 spiro atoms. The number of hydrogen-bond acceptors (Lipinski definition) is 1. The van der Waals surface area contributed by atoms with Crippen LogP contribution in [0.2, 0.25) is 0 Å². The highest BCUT2D eigenvalue weighted by molar-refractivity contribution is 5.15. The summed E-state index contributed by atoms with van der Waals surface area (Å²) in [6.07, 6.45) is 17.9. The highest BCUT2D eigenvalue weighted by atomic mass is 16.5. The number of ether oxygens (including phenoxy) is 1. The summed E-state index contributed by atoms with van der Waals surface area (Å²) >= 11 is 0. The summed E-state index contributed by atoms with van der Waals surface area (Å²) < 4.78 is 5.93. The largest absolute Gasteiger partial charge is 0.378 e. The molecule has 0 aromatic rings. The van der Waals surface area contributed by atoms with Crippen molar-refractivity contribution < 1.29 is 4.74 Å². The van der Waals surface area contributed by atoms with Crippen LogP contribution in [-0.2, 0) is 4.74 Å².